The maximum Gasteiger partial charge on any atom is 0.246 e. The first-order valence-corrected chi connectivity index (χ1v) is 31.8. The van der Waals surface area contributed by atoms with Gasteiger partial charge in [-0.15, -0.1) is 0 Å². The van der Waals surface area contributed by atoms with E-state index in [2.05, 4.69) is 58.2 Å². The summed E-state index contributed by atoms with van der Waals surface area (Å²) in [5.74, 6) is -7.67. The molecule has 31 heteroatoms. The summed E-state index contributed by atoms with van der Waals surface area (Å²) < 4.78 is 0. The van der Waals surface area contributed by atoms with Crippen LogP contribution in [0, 0.1) is 22.1 Å². The van der Waals surface area contributed by atoms with Gasteiger partial charge in [0.2, 0.25) is 53.2 Å². The van der Waals surface area contributed by atoms with Crippen molar-refractivity contribution >= 4 is 93.7 Å². The summed E-state index contributed by atoms with van der Waals surface area (Å²) in [6, 6.07) is 5.58. The standard InChI is InChI=1S/C59H95N21O9S/c1-34(2)47(56(89)80-29-14-23-46(80)48(62)81)79-54(87)43(22-13-28-71-59(67)68)76-50(83)40(19-9-10-25-60)73-51(84)41(20-11-26-69-57(63)64)74-52(85)42(21-12-27-70-58(65)66)75-53(86)44(24-30-90-3)77-55(88)45(32-36-33-72-39-18-8-7-17-37(36)39)78-49(82)38(61)31-35-15-5-4-6-16-35/h4-8,15-18,33-34,38,40-47,72H,9-14,19-32,60-61H2,1-3H3,(H2,62,81)(H,73,84)(H,74,85)(H,75,86)(H,76,83)(H,77,88)(H,78,82)(H,79,87)(H4,63,64,69)(H4,65,66,70)(H4,67,68,71)/t38-,40-,41-,42-,43-,44-,45-,46-,47-/m0/s1. The molecule has 2 heterocycles. The smallest absolute Gasteiger partial charge is 0.246 e. The van der Waals surface area contributed by atoms with Gasteiger partial charge in [0.1, 0.15) is 48.3 Å². The fraction of sp³-hybridized carbons (Fsp3) is 0.559. The number of rotatable bonds is 40. The van der Waals surface area contributed by atoms with E-state index in [0.717, 1.165) is 16.5 Å². The third-order valence-electron chi connectivity index (χ3n) is 15.1. The van der Waals surface area contributed by atoms with Gasteiger partial charge < -0.3 is 97.5 Å². The van der Waals surface area contributed by atoms with Gasteiger partial charge in [0.25, 0.3) is 0 Å². The molecule has 9 amide bonds. The fourth-order valence-electron chi connectivity index (χ4n) is 10.3. The molecule has 1 aliphatic heterocycles. The lowest BCUT2D eigenvalue weighted by Crippen LogP contribution is -2.61. The van der Waals surface area contributed by atoms with Crippen molar-refractivity contribution in [1.29, 1.82) is 16.2 Å². The molecule has 496 valence electrons. The van der Waals surface area contributed by atoms with E-state index in [-0.39, 0.29) is 115 Å². The van der Waals surface area contributed by atoms with Gasteiger partial charge in [0.15, 0.2) is 17.9 Å². The van der Waals surface area contributed by atoms with E-state index in [9.17, 15) is 43.2 Å². The van der Waals surface area contributed by atoms with E-state index in [1.807, 2.05) is 60.9 Å². The lowest BCUT2D eigenvalue weighted by Gasteiger charge is -2.31. The number of guanidine groups is 3. The summed E-state index contributed by atoms with van der Waals surface area (Å²) in [7, 11) is 0. The van der Waals surface area contributed by atoms with Crippen LogP contribution in [0.15, 0.2) is 60.8 Å². The Morgan fingerprint density at radius 3 is 1.49 bits per heavy atom. The molecule has 0 bridgehead atoms. The highest BCUT2D eigenvalue weighted by Gasteiger charge is 2.40. The number of primary amides is 1. The van der Waals surface area contributed by atoms with Crippen LogP contribution in [0.5, 0.6) is 0 Å². The highest BCUT2D eigenvalue weighted by molar-refractivity contribution is 7.98. The van der Waals surface area contributed by atoms with Gasteiger partial charge in [-0.1, -0.05) is 62.4 Å². The first-order chi connectivity index (χ1) is 42.9. The SMILES string of the molecule is CSCC[C@H](NC(=O)[C@H](Cc1c[nH]c2ccccc12)NC(=O)[C@@H](N)Cc1ccccc1)C(=O)N[C@@H](CCCNC(=N)N)C(=O)N[C@@H](CCCNC(=N)N)C(=O)N[C@@H](CCCCN)C(=O)N[C@@H](CCCNC(=N)N)C(=O)N[C@H](C(=O)N1CCC[C@H]1C(N)=O)C(C)C. The molecule has 0 saturated carbocycles. The van der Waals surface area contributed by atoms with Crippen molar-refractivity contribution in [2.45, 2.75) is 158 Å². The Bertz CT molecular complexity index is 2900. The molecule has 3 aromatic rings. The van der Waals surface area contributed by atoms with Gasteiger partial charge in [-0.05, 0) is 125 Å². The summed E-state index contributed by atoms with van der Waals surface area (Å²) in [6.07, 6.45) is 5.74. The molecular weight excluding hydrogens is 1180 g/mol. The van der Waals surface area contributed by atoms with Crippen LogP contribution in [-0.4, -0.2) is 180 Å². The maximum absolute atomic E-state index is 14.7. The van der Waals surface area contributed by atoms with E-state index in [1.54, 1.807) is 20.0 Å². The van der Waals surface area contributed by atoms with Gasteiger partial charge in [0, 0.05) is 49.7 Å². The third-order valence-corrected chi connectivity index (χ3v) is 15.8. The molecule has 2 aromatic carbocycles. The Labute approximate surface area is 529 Å². The predicted molar refractivity (Wildman–Crippen MR) is 346 cm³/mol. The van der Waals surface area contributed by atoms with Crippen LogP contribution in [0.1, 0.15) is 102 Å². The number of benzene rings is 2. The number of fused-ring (bicyclic) bond motifs is 1. The molecule has 0 radical (unpaired) electrons. The molecule has 30 nitrogen and oxygen atoms in total. The zero-order valence-corrected chi connectivity index (χ0v) is 52.5. The quantitative estimate of drug-likeness (QED) is 0.0159. The lowest BCUT2D eigenvalue weighted by atomic mass is 10.0. The number of aromatic nitrogens is 1. The summed E-state index contributed by atoms with van der Waals surface area (Å²) >= 11 is 1.40. The van der Waals surface area contributed by atoms with Crippen LogP contribution < -0.4 is 87.6 Å². The van der Waals surface area contributed by atoms with Crippen molar-refractivity contribution in [2.24, 2.45) is 40.3 Å². The number of nitrogens with zero attached hydrogens (tertiary/aromatic N) is 1. The monoisotopic (exact) mass is 1270 g/mol. The number of hydrogen-bond donors (Lipinski definition) is 20. The molecule has 0 spiro atoms. The molecule has 26 N–H and O–H groups in total. The number of para-hydroxylation sites is 1. The molecule has 9 atom stereocenters. The van der Waals surface area contributed by atoms with E-state index in [1.165, 1.54) is 16.7 Å². The van der Waals surface area contributed by atoms with Crippen molar-refractivity contribution in [1.82, 2.24) is 63.1 Å². The number of thioether (sulfide) groups is 1. The van der Waals surface area contributed by atoms with Crippen LogP contribution >= 0.6 is 11.8 Å². The molecule has 90 heavy (non-hydrogen) atoms. The first kappa shape index (κ1) is 73.8. The first-order valence-electron chi connectivity index (χ1n) is 30.4. The average molecular weight is 1270 g/mol. The number of carbonyl (C=O) groups is 9. The molecule has 1 aliphatic rings. The van der Waals surface area contributed by atoms with Gasteiger partial charge in [-0.25, -0.2) is 0 Å². The van der Waals surface area contributed by atoms with Crippen LogP contribution in [0.25, 0.3) is 10.9 Å². The summed E-state index contributed by atoms with van der Waals surface area (Å²) in [6.45, 7) is 4.21. The number of amides is 9. The normalized spacial score (nSPS) is 15.5. The number of nitrogens with one attached hydrogen (secondary N) is 14. The minimum absolute atomic E-state index is 0.00241. The van der Waals surface area contributed by atoms with E-state index >= 15 is 0 Å². The Kier molecular flexibility index (Phi) is 31.7. The van der Waals surface area contributed by atoms with Gasteiger partial charge in [-0.2, -0.15) is 11.8 Å². The van der Waals surface area contributed by atoms with Gasteiger partial charge in [0.05, 0.1) is 6.04 Å². The molecule has 1 aromatic heterocycles. The largest absolute Gasteiger partial charge is 0.370 e. The van der Waals surface area contributed by atoms with Crippen molar-refractivity contribution in [3.8, 4) is 0 Å². The van der Waals surface area contributed by atoms with Gasteiger partial charge in [-0.3, -0.25) is 59.4 Å². The number of hydrogen-bond acceptors (Lipinski definition) is 15. The number of carbonyl (C=O) groups excluding carboxylic acids is 9. The van der Waals surface area contributed by atoms with Crippen LogP contribution in [0.2, 0.25) is 0 Å². The topological polar surface area (TPSA) is 521 Å². The number of H-pyrrole nitrogens is 1. The molecule has 1 fully saturated rings. The number of aromatic amines is 1. The Morgan fingerprint density at radius 2 is 1.02 bits per heavy atom. The van der Waals surface area contributed by atoms with Crippen molar-refractivity contribution in [3.63, 3.8) is 0 Å². The molecule has 0 aliphatic carbocycles. The Balaban J connectivity index is 1.64. The minimum atomic E-state index is -1.41. The van der Waals surface area contributed by atoms with Crippen LogP contribution in [0.3, 0.4) is 0 Å². The zero-order chi connectivity index (χ0) is 66.3. The fourth-order valence-corrected chi connectivity index (χ4v) is 10.7. The summed E-state index contributed by atoms with van der Waals surface area (Å²) in [5.41, 5.74) is 36.8. The number of nitrogens with two attached hydrogens (primary N) is 6. The molecule has 4 rings (SSSR count). The second-order valence-electron chi connectivity index (χ2n) is 22.6. The van der Waals surface area contributed by atoms with Gasteiger partial charge >= 0.3 is 0 Å². The highest BCUT2D eigenvalue weighted by Crippen LogP contribution is 2.22. The maximum atomic E-state index is 14.7. The lowest BCUT2D eigenvalue weighted by molar-refractivity contribution is -0.142. The van der Waals surface area contributed by atoms with E-state index in [0.29, 0.717) is 37.0 Å². The number of likely N-dealkylation sites (tertiary alicyclic amines) is 1. The van der Waals surface area contributed by atoms with Crippen molar-refractivity contribution in [3.05, 3.63) is 71.9 Å². The predicted octanol–water partition coefficient (Wildman–Crippen LogP) is -2.52. The van der Waals surface area contributed by atoms with Crippen LogP contribution in [-0.2, 0) is 56.0 Å². The Hall–Kier alpha value is -8.71. The minimum Gasteiger partial charge on any atom is -0.370 e. The van der Waals surface area contributed by atoms with Crippen molar-refractivity contribution in [2.75, 3.05) is 44.7 Å². The van der Waals surface area contributed by atoms with E-state index < -0.39 is 113 Å². The average Bonchev–Trinajstić information content (AvgIpc) is 1.71. The Morgan fingerprint density at radius 1 is 0.578 bits per heavy atom. The second kappa shape index (κ2) is 38.6. The summed E-state index contributed by atoms with van der Waals surface area (Å²) in [5, 5.41) is 51.2. The molecular formula is C59H95N21O9S. The van der Waals surface area contributed by atoms with E-state index in [4.69, 9.17) is 50.6 Å². The zero-order valence-electron chi connectivity index (χ0n) is 51.7. The van der Waals surface area contributed by atoms with Crippen LogP contribution in [0.4, 0.5) is 0 Å². The highest BCUT2D eigenvalue weighted by atomic mass is 32.2. The number of unbranched alkanes of at least 4 members (excludes halogenated alkanes) is 1. The summed E-state index contributed by atoms with van der Waals surface area (Å²) in [4.78, 5) is 132. The third kappa shape index (κ3) is 25.0. The molecule has 0 unspecified atom stereocenters. The second-order valence-corrected chi connectivity index (χ2v) is 23.5. The van der Waals surface area contributed by atoms with Crippen molar-refractivity contribution < 1.29 is 43.2 Å². The molecule has 1 saturated heterocycles.